The van der Waals surface area contributed by atoms with Crippen molar-refractivity contribution < 1.29 is 9.47 Å². The van der Waals surface area contributed by atoms with Crippen LogP contribution < -0.4 is 9.47 Å². The molecule has 0 aliphatic carbocycles. The van der Waals surface area contributed by atoms with E-state index in [0.717, 1.165) is 5.75 Å². The third kappa shape index (κ3) is 1.84. The van der Waals surface area contributed by atoms with E-state index in [2.05, 4.69) is 15.2 Å². The fourth-order valence-electron chi connectivity index (χ4n) is 1.56. The summed E-state index contributed by atoms with van der Waals surface area (Å²) >= 11 is 0. The molecule has 0 aliphatic rings. The van der Waals surface area contributed by atoms with Crippen molar-refractivity contribution in [2.24, 2.45) is 0 Å². The van der Waals surface area contributed by atoms with Crippen molar-refractivity contribution in [1.82, 2.24) is 19.6 Å². The molecule has 2 heterocycles. The Labute approximate surface area is 103 Å². The molecular formula is C12H10N4O2. The minimum absolute atomic E-state index is 0.417. The Bertz CT molecular complexity index is 663. The summed E-state index contributed by atoms with van der Waals surface area (Å²) in [6.45, 7) is 0. The minimum atomic E-state index is 0.417. The Balaban J connectivity index is 1.93. The van der Waals surface area contributed by atoms with E-state index in [1.165, 1.54) is 0 Å². The molecule has 0 atom stereocenters. The van der Waals surface area contributed by atoms with E-state index >= 15 is 0 Å². The Morgan fingerprint density at radius 3 is 2.67 bits per heavy atom. The van der Waals surface area contributed by atoms with Gasteiger partial charge in [-0.3, -0.25) is 4.40 Å². The molecule has 90 valence electrons. The van der Waals surface area contributed by atoms with Crippen LogP contribution in [0.15, 0.2) is 43.0 Å². The largest absolute Gasteiger partial charge is 0.497 e. The highest BCUT2D eigenvalue weighted by Crippen LogP contribution is 2.24. The third-order valence-corrected chi connectivity index (χ3v) is 2.46. The summed E-state index contributed by atoms with van der Waals surface area (Å²) in [4.78, 5) is 4.14. The third-order valence-electron chi connectivity index (χ3n) is 2.46. The van der Waals surface area contributed by atoms with Gasteiger partial charge in [-0.05, 0) is 24.3 Å². The Kier molecular flexibility index (Phi) is 2.53. The number of rotatable bonds is 3. The van der Waals surface area contributed by atoms with Crippen LogP contribution in [-0.4, -0.2) is 26.7 Å². The summed E-state index contributed by atoms with van der Waals surface area (Å²) in [5, 5.41) is 7.75. The smallest absolute Gasteiger partial charge is 0.265 e. The predicted molar refractivity (Wildman–Crippen MR) is 63.9 cm³/mol. The molecule has 0 unspecified atom stereocenters. The molecule has 6 heteroatoms. The van der Waals surface area contributed by atoms with Crippen LogP contribution in [-0.2, 0) is 0 Å². The number of hydrogen-bond donors (Lipinski definition) is 0. The molecule has 0 radical (unpaired) electrons. The van der Waals surface area contributed by atoms with Crippen molar-refractivity contribution in [3.63, 3.8) is 0 Å². The van der Waals surface area contributed by atoms with Gasteiger partial charge in [-0.25, -0.2) is 4.98 Å². The van der Waals surface area contributed by atoms with Gasteiger partial charge in [0, 0.05) is 12.4 Å². The second kappa shape index (κ2) is 4.33. The van der Waals surface area contributed by atoms with Crippen molar-refractivity contribution in [1.29, 1.82) is 0 Å². The molecule has 0 bridgehead atoms. The van der Waals surface area contributed by atoms with Gasteiger partial charge >= 0.3 is 0 Å². The van der Waals surface area contributed by atoms with E-state index in [4.69, 9.17) is 9.47 Å². The second-order valence-corrected chi connectivity index (χ2v) is 3.57. The number of ether oxygens (including phenoxy) is 2. The Morgan fingerprint density at radius 2 is 1.89 bits per heavy atom. The van der Waals surface area contributed by atoms with E-state index < -0.39 is 0 Å². The molecule has 3 rings (SSSR count). The van der Waals surface area contributed by atoms with Gasteiger partial charge in [0.15, 0.2) is 0 Å². The molecule has 6 nitrogen and oxygen atoms in total. The number of fused-ring (bicyclic) bond motifs is 1. The lowest BCUT2D eigenvalue weighted by Crippen LogP contribution is -1.93. The van der Waals surface area contributed by atoms with E-state index in [1.54, 1.807) is 42.4 Å². The van der Waals surface area contributed by atoms with E-state index in [-0.39, 0.29) is 0 Å². The number of nitrogens with zero attached hydrogens (tertiary/aromatic N) is 4. The van der Waals surface area contributed by atoms with Crippen LogP contribution in [0.1, 0.15) is 0 Å². The molecule has 0 amide bonds. The summed E-state index contributed by atoms with van der Waals surface area (Å²) in [6, 6.07) is 7.25. The highest BCUT2D eigenvalue weighted by molar-refractivity contribution is 5.49. The number of benzene rings is 1. The molecule has 0 N–H and O–H groups in total. The van der Waals surface area contributed by atoms with Gasteiger partial charge in [0.05, 0.1) is 7.11 Å². The van der Waals surface area contributed by atoms with Crippen LogP contribution >= 0.6 is 0 Å². The molecule has 1 aromatic carbocycles. The van der Waals surface area contributed by atoms with Crippen LogP contribution in [0.4, 0.5) is 0 Å². The molecule has 0 aliphatic heterocycles. The van der Waals surface area contributed by atoms with Gasteiger partial charge in [0.25, 0.3) is 5.88 Å². The zero-order valence-electron chi connectivity index (χ0n) is 9.65. The minimum Gasteiger partial charge on any atom is -0.497 e. The van der Waals surface area contributed by atoms with Gasteiger partial charge < -0.3 is 9.47 Å². The van der Waals surface area contributed by atoms with Crippen LogP contribution in [0.2, 0.25) is 0 Å². The molecule has 18 heavy (non-hydrogen) atoms. The highest BCUT2D eigenvalue weighted by atomic mass is 16.5. The zero-order valence-corrected chi connectivity index (χ0v) is 9.65. The standard InChI is InChI=1S/C12H10N4O2/c1-17-9-2-4-10(5-3-9)18-12-11-15-14-8-16(11)7-6-13-12/h2-8H,1H3. The number of methoxy groups -OCH3 is 1. The van der Waals surface area contributed by atoms with E-state index in [0.29, 0.717) is 17.3 Å². The van der Waals surface area contributed by atoms with Crippen LogP contribution in [0.5, 0.6) is 17.4 Å². The summed E-state index contributed by atoms with van der Waals surface area (Å²) in [6.07, 6.45) is 4.99. The highest BCUT2D eigenvalue weighted by Gasteiger charge is 2.07. The fourth-order valence-corrected chi connectivity index (χ4v) is 1.56. The topological polar surface area (TPSA) is 61.5 Å². The van der Waals surface area contributed by atoms with Gasteiger partial charge in [-0.2, -0.15) is 0 Å². The van der Waals surface area contributed by atoms with Gasteiger partial charge in [-0.1, -0.05) is 0 Å². The lowest BCUT2D eigenvalue weighted by Gasteiger charge is -2.05. The summed E-state index contributed by atoms with van der Waals surface area (Å²) in [5.41, 5.74) is 0.577. The zero-order chi connectivity index (χ0) is 12.4. The molecule has 0 fully saturated rings. The second-order valence-electron chi connectivity index (χ2n) is 3.57. The van der Waals surface area contributed by atoms with Crippen LogP contribution in [0.25, 0.3) is 5.65 Å². The maximum absolute atomic E-state index is 5.66. The van der Waals surface area contributed by atoms with Crippen LogP contribution in [0, 0.1) is 0 Å². The lowest BCUT2D eigenvalue weighted by atomic mass is 10.3. The van der Waals surface area contributed by atoms with Gasteiger partial charge in [0.2, 0.25) is 5.65 Å². The number of aromatic nitrogens is 4. The van der Waals surface area contributed by atoms with Crippen molar-refractivity contribution in [2.75, 3.05) is 7.11 Å². The number of hydrogen-bond acceptors (Lipinski definition) is 5. The van der Waals surface area contributed by atoms with Gasteiger partial charge in [-0.15, -0.1) is 10.2 Å². The molecule has 0 saturated carbocycles. The normalized spacial score (nSPS) is 10.5. The predicted octanol–water partition coefficient (Wildman–Crippen LogP) is 1.93. The maximum Gasteiger partial charge on any atom is 0.265 e. The average molecular weight is 242 g/mol. The Hall–Kier alpha value is -2.63. The van der Waals surface area contributed by atoms with Gasteiger partial charge in [0.1, 0.15) is 17.8 Å². The van der Waals surface area contributed by atoms with Crippen LogP contribution in [0.3, 0.4) is 0 Å². The average Bonchev–Trinajstić information content (AvgIpc) is 2.89. The first-order chi connectivity index (χ1) is 8.86. The quantitative estimate of drug-likeness (QED) is 0.702. The SMILES string of the molecule is COc1ccc(Oc2nccn3cnnc23)cc1. The van der Waals surface area contributed by atoms with Crippen molar-refractivity contribution in [2.45, 2.75) is 0 Å². The summed E-state index contributed by atoms with van der Waals surface area (Å²) < 4.78 is 12.5. The van der Waals surface area contributed by atoms with Crippen molar-refractivity contribution in [3.05, 3.63) is 43.0 Å². The first-order valence-corrected chi connectivity index (χ1v) is 5.33. The first kappa shape index (κ1) is 10.5. The molecule has 2 aromatic heterocycles. The first-order valence-electron chi connectivity index (χ1n) is 5.33. The van der Waals surface area contributed by atoms with E-state index in [1.807, 2.05) is 12.1 Å². The fraction of sp³-hybridized carbons (Fsp3) is 0.0833. The molecule has 0 saturated heterocycles. The van der Waals surface area contributed by atoms with Crippen molar-refractivity contribution >= 4 is 5.65 Å². The molecule has 3 aromatic rings. The summed E-state index contributed by atoms with van der Waals surface area (Å²) in [7, 11) is 1.62. The van der Waals surface area contributed by atoms with Crippen molar-refractivity contribution in [3.8, 4) is 17.4 Å². The van der Waals surface area contributed by atoms with E-state index in [9.17, 15) is 0 Å². The molecule has 0 spiro atoms. The summed E-state index contributed by atoms with van der Waals surface area (Å²) in [5.74, 6) is 1.86. The Morgan fingerprint density at radius 1 is 1.11 bits per heavy atom. The maximum atomic E-state index is 5.66. The molecular weight excluding hydrogens is 232 g/mol. The lowest BCUT2D eigenvalue weighted by molar-refractivity contribution is 0.412. The monoisotopic (exact) mass is 242 g/mol.